The molecule has 0 radical (unpaired) electrons. The maximum Gasteiger partial charge on any atom is 0.387 e. The standard InChI is InChI=1S/C16H15F2N3O4S/c1-23-13-5-6-19-12(14(13)24-2)8-26(22)16-20-10-4-3-9(25-15(17)18)7-11(10)21-16/h3-7,15H,8H2,1-2H3,(H,20,21)/i1D3,3D,4D,5D,6D,7D,15D. The Morgan fingerprint density at radius 3 is 3.00 bits per heavy atom. The number of fused-ring (bicyclic) bond motifs is 1. The van der Waals surface area contributed by atoms with Gasteiger partial charge in [0, 0.05) is 29.4 Å². The van der Waals surface area contributed by atoms with Gasteiger partial charge < -0.3 is 18.8 Å². The number of pyridine rings is 1. The smallest absolute Gasteiger partial charge is 0.387 e. The number of imidazole rings is 1. The highest BCUT2D eigenvalue weighted by Gasteiger charge is 2.22. The van der Waals surface area contributed by atoms with E-state index in [4.69, 9.17) is 21.8 Å². The predicted molar refractivity (Wildman–Crippen MR) is 90.2 cm³/mol. The molecule has 0 saturated heterocycles. The zero-order chi connectivity index (χ0) is 26.5. The Morgan fingerprint density at radius 1 is 1.42 bits per heavy atom. The van der Waals surface area contributed by atoms with E-state index in [0.29, 0.717) is 0 Å². The maximum absolute atomic E-state index is 13.0. The Hall–Kier alpha value is -2.59. The molecular weight excluding hydrogens is 368 g/mol. The first-order valence-electron chi connectivity index (χ1n) is 11.2. The van der Waals surface area contributed by atoms with E-state index >= 15 is 0 Å². The number of nitrogens with zero attached hydrogens (tertiary/aromatic N) is 2. The van der Waals surface area contributed by atoms with Crippen LogP contribution < -0.4 is 14.2 Å². The van der Waals surface area contributed by atoms with Crippen molar-refractivity contribution in [2.75, 3.05) is 14.1 Å². The molecule has 10 heteroatoms. The van der Waals surface area contributed by atoms with Crippen LogP contribution in [0.5, 0.6) is 17.2 Å². The lowest BCUT2D eigenvalue weighted by Crippen LogP contribution is -2.10. The van der Waals surface area contributed by atoms with Crippen LogP contribution in [0.2, 0.25) is 0 Å². The zero-order valence-electron chi connectivity index (χ0n) is 21.9. The summed E-state index contributed by atoms with van der Waals surface area (Å²) in [5.41, 5.74) is -0.941. The number of methoxy groups -OCH3 is 2. The van der Waals surface area contributed by atoms with Crippen molar-refractivity contribution in [3.05, 3.63) is 36.0 Å². The molecule has 0 aliphatic heterocycles. The molecule has 0 bridgehead atoms. The molecule has 1 unspecified atom stereocenters. The van der Waals surface area contributed by atoms with Gasteiger partial charge in [-0.05, 0) is 12.1 Å². The first-order valence-corrected chi connectivity index (χ1v) is 8.03. The molecule has 0 aliphatic carbocycles. The second kappa shape index (κ2) is 7.75. The monoisotopic (exact) mass is 392 g/mol. The minimum absolute atomic E-state index is 0.234. The second-order valence-electron chi connectivity index (χ2n) is 4.55. The van der Waals surface area contributed by atoms with Crippen molar-refractivity contribution < 1.29 is 39.9 Å². The molecule has 1 atom stereocenters. The minimum Gasteiger partial charge on any atom is -0.609 e. The SMILES string of the molecule is [2H]c1nc(C[S+]([O-])c2nc3c([2H])c([2H])c(OC([2H])(F)F)c([2H])c3[nH]2)c(OC)c(OC([2H])([2H])[2H])c1[2H]. The number of rotatable bonds is 7. The molecule has 0 fully saturated rings. The number of alkyl halides is 2. The fourth-order valence-electron chi connectivity index (χ4n) is 1.99. The van der Waals surface area contributed by atoms with Crippen LogP contribution in [0.25, 0.3) is 11.0 Å². The molecule has 0 amide bonds. The van der Waals surface area contributed by atoms with Crippen molar-refractivity contribution in [1.29, 1.82) is 0 Å². The lowest BCUT2D eigenvalue weighted by atomic mass is 10.3. The number of ether oxygens (including phenoxy) is 3. The molecule has 138 valence electrons. The predicted octanol–water partition coefficient (Wildman–Crippen LogP) is 2.88. The van der Waals surface area contributed by atoms with Crippen LogP contribution in [0.15, 0.2) is 35.5 Å². The van der Waals surface area contributed by atoms with E-state index < -0.39 is 72.4 Å². The number of hydrogen-bond donors (Lipinski definition) is 1. The Morgan fingerprint density at radius 2 is 2.27 bits per heavy atom. The van der Waals surface area contributed by atoms with Crippen molar-refractivity contribution in [3.63, 3.8) is 0 Å². The van der Waals surface area contributed by atoms with E-state index in [9.17, 15) is 13.3 Å². The van der Waals surface area contributed by atoms with Crippen molar-refractivity contribution in [2.24, 2.45) is 0 Å². The zero-order valence-corrected chi connectivity index (χ0v) is 13.7. The summed E-state index contributed by atoms with van der Waals surface area (Å²) in [5.74, 6) is -2.60. The summed E-state index contributed by atoms with van der Waals surface area (Å²) < 4.78 is 120. The van der Waals surface area contributed by atoms with E-state index in [0.717, 1.165) is 7.11 Å². The van der Waals surface area contributed by atoms with Gasteiger partial charge in [-0.25, -0.2) is 0 Å². The van der Waals surface area contributed by atoms with Gasteiger partial charge in [0.15, 0.2) is 18.6 Å². The maximum atomic E-state index is 13.0. The summed E-state index contributed by atoms with van der Waals surface area (Å²) in [4.78, 5) is 10.1. The van der Waals surface area contributed by atoms with E-state index in [1.165, 1.54) is 0 Å². The second-order valence-corrected chi connectivity index (χ2v) is 5.91. The average Bonchev–Trinajstić information content (AvgIpc) is 3.18. The van der Waals surface area contributed by atoms with Gasteiger partial charge in [-0.2, -0.15) is 13.8 Å². The van der Waals surface area contributed by atoms with Crippen molar-refractivity contribution in [1.82, 2.24) is 15.0 Å². The number of aromatic amines is 1. The fourth-order valence-corrected chi connectivity index (χ4v) is 2.98. The summed E-state index contributed by atoms with van der Waals surface area (Å²) in [7, 11) is -1.89. The number of nitrogens with one attached hydrogen (secondary N) is 1. The first-order chi connectivity index (χ1) is 16.0. The van der Waals surface area contributed by atoms with Gasteiger partial charge in [-0.1, -0.05) is 0 Å². The van der Waals surface area contributed by atoms with Crippen LogP contribution in [-0.4, -0.2) is 40.2 Å². The van der Waals surface area contributed by atoms with E-state index in [1.807, 2.05) is 0 Å². The third-order valence-corrected chi connectivity index (χ3v) is 4.17. The molecular formula is C16H15F2N3O4S. The molecule has 7 nitrogen and oxygen atoms in total. The van der Waals surface area contributed by atoms with Gasteiger partial charge in [0.25, 0.3) is 0 Å². The number of H-pyrrole nitrogens is 1. The van der Waals surface area contributed by atoms with Crippen LogP contribution in [0.3, 0.4) is 0 Å². The van der Waals surface area contributed by atoms with Crippen molar-refractivity contribution in [3.8, 4) is 17.2 Å². The normalized spacial score (nSPS) is 18.2. The molecule has 3 aromatic rings. The van der Waals surface area contributed by atoms with Gasteiger partial charge in [-0.3, -0.25) is 9.97 Å². The van der Waals surface area contributed by atoms with Gasteiger partial charge in [-0.15, -0.1) is 0 Å². The highest BCUT2D eigenvalue weighted by atomic mass is 32.2. The Balaban J connectivity index is 2.05. The lowest BCUT2D eigenvalue weighted by molar-refractivity contribution is -0.0497. The number of halogens is 2. The van der Waals surface area contributed by atoms with Crippen LogP contribution >= 0.6 is 0 Å². The van der Waals surface area contributed by atoms with Crippen molar-refractivity contribution in [2.45, 2.75) is 17.5 Å². The number of benzene rings is 1. The quantitative estimate of drug-likeness (QED) is 0.622. The molecule has 1 aromatic carbocycles. The van der Waals surface area contributed by atoms with E-state index in [-0.39, 0.29) is 27.6 Å². The van der Waals surface area contributed by atoms with Gasteiger partial charge in [0.2, 0.25) is 0 Å². The van der Waals surface area contributed by atoms with E-state index in [1.54, 1.807) is 0 Å². The Kier molecular flexibility index (Phi) is 2.96. The van der Waals surface area contributed by atoms with Gasteiger partial charge in [0.1, 0.15) is 11.4 Å². The average molecular weight is 392 g/mol. The molecule has 2 aromatic heterocycles. The topological polar surface area (TPSA) is 92.3 Å². The number of aromatic nitrogens is 3. The number of hydrogen-bond acceptors (Lipinski definition) is 6. The van der Waals surface area contributed by atoms with E-state index in [2.05, 4.69) is 19.7 Å². The van der Waals surface area contributed by atoms with Crippen LogP contribution in [-0.2, 0) is 16.9 Å². The molecule has 26 heavy (non-hydrogen) atoms. The highest BCUT2D eigenvalue weighted by molar-refractivity contribution is 7.90. The Labute approximate surface area is 163 Å². The third kappa shape index (κ3) is 3.81. The summed E-state index contributed by atoms with van der Waals surface area (Å²) in [6.45, 7) is -4.48. The lowest BCUT2D eigenvalue weighted by Gasteiger charge is -2.12. The van der Waals surface area contributed by atoms with Crippen LogP contribution in [0.1, 0.15) is 18.0 Å². The summed E-state index contributed by atoms with van der Waals surface area (Å²) >= 11 is -2.18. The fraction of sp³-hybridized carbons (Fsp3) is 0.250. The summed E-state index contributed by atoms with van der Waals surface area (Å²) in [6.07, 6.45) is -0.694. The van der Waals surface area contributed by atoms with Gasteiger partial charge in [0.05, 0.1) is 36.1 Å². The molecule has 1 N–H and O–H groups in total. The molecule has 3 rings (SSSR count). The van der Waals surface area contributed by atoms with Gasteiger partial charge >= 0.3 is 11.7 Å². The van der Waals surface area contributed by atoms with Crippen molar-refractivity contribution >= 4 is 22.2 Å². The first kappa shape index (κ1) is 9.93. The third-order valence-electron chi connectivity index (χ3n) is 3.01. The minimum atomic E-state index is -4.48. The van der Waals surface area contributed by atoms with Crippen LogP contribution in [0, 0.1) is 0 Å². The molecule has 0 saturated carbocycles. The molecule has 0 aliphatic rings. The largest absolute Gasteiger partial charge is 0.609 e. The summed E-state index contributed by atoms with van der Waals surface area (Å²) in [6, 6.07) is -3.17. The Bertz CT molecular complexity index is 1290. The highest BCUT2D eigenvalue weighted by Crippen LogP contribution is 2.31. The molecule has 2 heterocycles. The van der Waals surface area contributed by atoms with Crippen LogP contribution in [0.4, 0.5) is 8.78 Å². The summed E-state index contributed by atoms with van der Waals surface area (Å²) in [5, 5.41) is -0.375. The molecule has 0 spiro atoms.